The van der Waals surface area contributed by atoms with Gasteiger partial charge >= 0.3 is 0 Å². The molecule has 0 fully saturated rings. The van der Waals surface area contributed by atoms with Gasteiger partial charge in [-0.15, -0.1) is 0 Å². The number of quaternary nitrogens is 2. The van der Waals surface area contributed by atoms with Crippen LogP contribution >= 0.6 is 0 Å². The molecule has 8 nitrogen and oxygen atoms in total. The number of carbonyl (C=O) groups excluding carboxylic acids is 2. The van der Waals surface area contributed by atoms with Crippen molar-refractivity contribution in [1.82, 2.24) is 5.32 Å². The number of carbonyl (C=O) groups is 2. The molecule has 0 amide bonds. The predicted octanol–water partition coefficient (Wildman–Crippen LogP) is 2.09. The number of nitrogens with one attached hydrogen (secondary N) is 2. The van der Waals surface area contributed by atoms with Gasteiger partial charge in [-0.25, -0.2) is 0 Å². The SMILES string of the molecule is CC(CNc1cccc2c1C(=O)C1=C(C2=O)C(O)(NCC(C)[N+](C)(C)C)CC=C1O)[N+](C)(C)C. The first-order valence-corrected chi connectivity index (χ1v) is 11.8. The van der Waals surface area contributed by atoms with Gasteiger partial charge in [-0.05, 0) is 26.0 Å². The standard InChI is InChI=1S/C26H38N4O4/c1-16(29(3,4)5)14-27-19-11-9-10-18-21(19)25(33)22-20(31)12-13-26(34,23(22)24(18)32)28-15-17(2)30(6,7)8/h9-12,16-17,28,34H,13-15H2,1-8H3/p+2. The van der Waals surface area contributed by atoms with Gasteiger partial charge in [0.05, 0.1) is 78.1 Å². The minimum Gasteiger partial charge on any atom is -0.508 e. The Kier molecular flexibility index (Phi) is 6.85. The third-order valence-corrected chi connectivity index (χ3v) is 7.42. The monoisotopic (exact) mass is 472 g/mol. The van der Waals surface area contributed by atoms with Crippen LogP contribution in [-0.2, 0) is 0 Å². The Balaban J connectivity index is 2.00. The molecule has 0 saturated carbocycles. The van der Waals surface area contributed by atoms with Crippen LogP contribution in [-0.4, -0.2) is 104 Å². The average Bonchev–Trinajstić information content (AvgIpc) is 2.74. The summed E-state index contributed by atoms with van der Waals surface area (Å²) < 4.78 is 1.39. The Labute approximate surface area is 202 Å². The number of ketones is 2. The maximum atomic E-state index is 13.7. The molecule has 2 aliphatic rings. The van der Waals surface area contributed by atoms with Gasteiger partial charge in [0.25, 0.3) is 0 Å². The smallest absolute Gasteiger partial charge is 0.200 e. The molecule has 34 heavy (non-hydrogen) atoms. The van der Waals surface area contributed by atoms with E-state index in [1.54, 1.807) is 18.2 Å². The van der Waals surface area contributed by atoms with E-state index >= 15 is 0 Å². The molecule has 2 aliphatic carbocycles. The van der Waals surface area contributed by atoms with Crippen molar-refractivity contribution in [3.8, 4) is 0 Å². The first kappa shape index (κ1) is 26.1. The molecular weight excluding hydrogens is 432 g/mol. The van der Waals surface area contributed by atoms with E-state index in [1.807, 2.05) is 28.1 Å². The number of rotatable bonds is 8. The van der Waals surface area contributed by atoms with Crippen molar-refractivity contribution < 1.29 is 28.8 Å². The summed E-state index contributed by atoms with van der Waals surface area (Å²) in [6.45, 7) is 5.17. The highest BCUT2D eigenvalue weighted by atomic mass is 16.3. The zero-order valence-electron chi connectivity index (χ0n) is 21.7. The summed E-state index contributed by atoms with van der Waals surface area (Å²) in [7, 11) is 12.4. The Hall–Kier alpha value is -2.52. The molecule has 0 heterocycles. The lowest BCUT2D eigenvalue weighted by Crippen LogP contribution is -2.57. The lowest BCUT2D eigenvalue weighted by Gasteiger charge is -2.39. The topological polar surface area (TPSA) is 98.7 Å². The van der Waals surface area contributed by atoms with Crippen LogP contribution < -0.4 is 10.6 Å². The van der Waals surface area contributed by atoms with Crippen molar-refractivity contribution in [2.45, 2.75) is 38.1 Å². The van der Waals surface area contributed by atoms with Gasteiger partial charge in [0.1, 0.15) is 11.8 Å². The van der Waals surface area contributed by atoms with Crippen LogP contribution in [0.15, 0.2) is 41.2 Å². The molecule has 0 bridgehead atoms. The fourth-order valence-corrected chi connectivity index (χ4v) is 3.99. The van der Waals surface area contributed by atoms with Crippen LogP contribution in [0, 0.1) is 0 Å². The third-order valence-electron chi connectivity index (χ3n) is 7.42. The van der Waals surface area contributed by atoms with Crippen molar-refractivity contribution in [3.05, 3.63) is 52.3 Å². The molecule has 186 valence electrons. The highest BCUT2D eigenvalue weighted by Crippen LogP contribution is 2.41. The third kappa shape index (κ3) is 4.81. The second-order valence-corrected chi connectivity index (χ2v) is 11.5. The predicted molar refractivity (Wildman–Crippen MR) is 134 cm³/mol. The van der Waals surface area contributed by atoms with Crippen LogP contribution in [0.25, 0.3) is 0 Å². The van der Waals surface area contributed by atoms with Crippen molar-refractivity contribution in [3.63, 3.8) is 0 Å². The van der Waals surface area contributed by atoms with Crippen molar-refractivity contribution in [1.29, 1.82) is 0 Å². The molecule has 3 atom stereocenters. The Morgan fingerprint density at radius 1 is 0.971 bits per heavy atom. The van der Waals surface area contributed by atoms with Gasteiger partial charge in [-0.2, -0.15) is 0 Å². The second-order valence-electron chi connectivity index (χ2n) is 11.5. The van der Waals surface area contributed by atoms with Crippen molar-refractivity contribution in [2.24, 2.45) is 0 Å². The van der Waals surface area contributed by atoms with Gasteiger partial charge in [0, 0.05) is 17.7 Å². The summed E-state index contributed by atoms with van der Waals surface area (Å²) in [5.74, 6) is -1.17. The fourth-order valence-electron chi connectivity index (χ4n) is 3.99. The van der Waals surface area contributed by atoms with E-state index < -0.39 is 17.3 Å². The molecule has 0 radical (unpaired) electrons. The summed E-state index contributed by atoms with van der Waals surface area (Å²) in [5.41, 5.74) is -0.904. The van der Waals surface area contributed by atoms with Crippen LogP contribution in [0.1, 0.15) is 41.0 Å². The van der Waals surface area contributed by atoms with Gasteiger partial charge in [-0.1, -0.05) is 12.1 Å². The van der Waals surface area contributed by atoms with E-state index in [-0.39, 0.29) is 46.5 Å². The van der Waals surface area contributed by atoms with E-state index in [4.69, 9.17) is 0 Å². The number of aliphatic hydroxyl groups is 2. The van der Waals surface area contributed by atoms with E-state index in [9.17, 15) is 19.8 Å². The zero-order valence-corrected chi connectivity index (χ0v) is 21.7. The summed E-state index contributed by atoms with van der Waals surface area (Å²) in [4.78, 5) is 27.3. The molecule has 3 rings (SSSR count). The summed E-state index contributed by atoms with van der Waals surface area (Å²) in [5, 5.41) is 28.6. The average molecular weight is 473 g/mol. The maximum absolute atomic E-state index is 13.7. The Morgan fingerprint density at radius 3 is 2.15 bits per heavy atom. The number of likely N-dealkylation sites (N-methyl/N-ethyl adjacent to an activating group) is 2. The molecular formula is C26H40N4O4+2. The van der Waals surface area contributed by atoms with E-state index in [0.717, 1.165) is 4.48 Å². The highest BCUT2D eigenvalue weighted by molar-refractivity contribution is 6.30. The normalized spacial score (nSPS) is 22.7. The number of nitrogens with zero attached hydrogens (tertiary/aromatic N) is 2. The minimum absolute atomic E-state index is 0.00512. The largest absolute Gasteiger partial charge is 0.508 e. The fraction of sp³-hybridized carbons (Fsp3) is 0.538. The molecule has 4 N–H and O–H groups in total. The Morgan fingerprint density at radius 2 is 1.56 bits per heavy atom. The molecule has 0 aliphatic heterocycles. The zero-order chi connectivity index (χ0) is 25.6. The number of hydrogen-bond acceptors (Lipinski definition) is 6. The summed E-state index contributed by atoms with van der Waals surface area (Å²) >= 11 is 0. The van der Waals surface area contributed by atoms with E-state index in [0.29, 0.717) is 23.3 Å². The summed E-state index contributed by atoms with van der Waals surface area (Å²) in [6, 6.07) is 5.50. The van der Waals surface area contributed by atoms with E-state index in [2.05, 4.69) is 38.7 Å². The van der Waals surface area contributed by atoms with E-state index in [1.165, 1.54) is 6.08 Å². The number of hydrogen-bond donors (Lipinski definition) is 4. The molecule has 0 spiro atoms. The molecule has 1 aromatic rings. The number of Topliss-reactive ketones (excluding diaryl/α,β-unsaturated/α-hetero) is 2. The maximum Gasteiger partial charge on any atom is 0.200 e. The number of anilines is 1. The van der Waals surface area contributed by atoms with Gasteiger partial charge < -0.3 is 24.5 Å². The van der Waals surface area contributed by atoms with Crippen molar-refractivity contribution in [2.75, 3.05) is 60.7 Å². The lowest BCUT2D eigenvalue weighted by molar-refractivity contribution is -0.892. The molecule has 8 heteroatoms. The lowest BCUT2D eigenvalue weighted by atomic mass is 9.74. The first-order valence-electron chi connectivity index (χ1n) is 11.8. The number of benzene rings is 1. The van der Waals surface area contributed by atoms with Crippen LogP contribution in [0.5, 0.6) is 0 Å². The highest BCUT2D eigenvalue weighted by Gasteiger charge is 2.48. The van der Waals surface area contributed by atoms with Crippen LogP contribution in [0.2, 0.25) is 0 Å². The molecule has 0 saturated heterocycles. The van der Waals surface area contributed by atoms with Crippen LogP contribution in [0.4, 0.5) is 5.69 Å². The summed E-state index contributed by atoms with van der Waals surface area (Å²) in [6.07, 6.45) is 1.41. The van der Waals surface area contributed by atoms with Crippen LogP contribution in [0.3, 0.4) is 0 Å². The van der Waals surface area contributed by atoms with Gasteiger partial charge in [0.15, 0.2) is 17.3 Å². The number of aliphatic hydroxyl groups excluding tert-OH is 1. The minimum atomic E-state index is -1.74. The first-order chi connectivity index (χ1) is 15.6. The number of allylic oxidation sites excluding steroid dienone is 1. The Bertz CT molecular complexity index is 1060. The van der Waals surface area contributed by atoms with Crippen molar-refractivity contribution >= 4 is 17.3 Å². The van der Waals surface area contributed by atoms with Gasteiger partial charge in [-0.3, -0.25) is 14.9 Å². The van der Waals surface area contributed by atoms with Gasteiger partial charge in [0.2, 0.25) is 0 Å². The quantitative estimate of drug-likeness (QED) is 0.342. The molecule has 3 unspecified atom stereocenters. The molecule has 1 aromatic carbocycles. The molecule has 0 aromatic heterocycles. The second kappa shape index (κ2) is 8.92. The number of fused-ring (bicyclic) bond motifs is 1.